The van der Waals surface area contributed by atoms with E-state index in [0.29, 0.717) is 5.56 Å². The fourth-order valence-electron chi connectivity index (χ4n) is 1.49. The lowest BCUT2D eigenvalue weighted by molar-refractivity contribution is 0.0917. The largest absolute Gasteiger partial charge is 0.459 e. The Labute approximate surface area is 112 Å². The van der Waals surface area contributed by atoms with Gasteiger partial charge >= 0.3 is 0 Å². The molecule has 0 aliphatic carbocycles. The van der Waals surface area contributed by atoms with E-state index in [1.54, 1.807) is 24.3 Å². The summed E-state index contributed by atoms with van der Waals surface area (Å²) in [6, 6.07) is 11.7. The first-order valence-corrected chi connectivity index (χ1v) is 5.99. The number of nitriles is 1. The van der Waals surface area contributed by atoms with E-state index in [0.717, 1.165) is 4.47 Å². The van der Waals surface area contributed by atoms with Crippen LogP contribution in [0.3, 0.4) is 0 Å². The molecule has 1 heterocycles. The molecule has 0 spiro atoms. The van der Waals surface area contributed by atoms with Crippen molar-refractivity contribution in [1.29, 1.82) is 5.26 Å². The number of amides is 1. The minimum atomic E-state index is -0.708. The van der Waals surface area contributed by atoms with Crippen molar-refractivity contribution in [3.8, 4) is 6.07 Å². The SMILES string of the molecule is N#CC(NC(=O)c1ccco1)c1cccc(Br)c1. The highest BCUT2D eigenvalue weighted by molar-refractivity contribution is 9.10. The minimum Gasteiger partial charge on any atom is -0.459 e. The van der Waals surface area contributed by atoms with Gasteiger partial charge in [-0.1, -0.05) is 28.1 Å². The highest BCUT2D eigenvalue weighted by atomic mass is 79.9. The predicted molar refractivity (Wildman–Crippen MR) is 68.7 cm³/mol. The van der Waals surface area contributed by atoms with Gasteiger partial charge in [0, 0.05) is 4.47 Å². The molecule has 90 valence electrons. The van der Waals surface area contributed by atoms with Gasteiger partial charge in [-0.3, -0.25) is 4.79 Å². The molecule has 0 bridgehead atoms. The van der Waals surface area contributed by atoms with Crippen molar-refractivity contribution in [3.63, 3.8) is 0 Å². The zero-order valence-corrected chi connectivity index (χ0v) is 10.8. The number of nitrogens with zero attached hydrogens (tertiary/aromatic N) is 1. The standard InChI is InChI=1S/C13H9BrN2O2/c14-10-4-1-3-9(7-10)11(8-15)16-13(17)12-5-2-6-18-12/h1-7,11H,(H,16,17). The van der Waals surface area contributed by atoms with E-state index in [1.807, 2.05) is 18.2 Å². The molecule has 1 aromatic heterocycles. The average Bonchev–Trinajstić information content (AvgIpc) is 2.89. The second kappa shape index (κ2) is 5.52. The smallest absolute Gasteiger partial charge is 0.288 e. The maximum absolute atomic E-state index is 11.8. The van der Waals surface area contributed by atoms with Gasteiger partial charge in [0.15, 0.2) is 5.76 Å². The van der Waals surface area contributed by atoms with Gasteiger partial charge in [-0.05, 0) is 29.8 Å². The molecule has 1 aromatic carbocycles. The molecular formula is C13H9BrN2O2. The monoisotopic (exact) mass is 304 g/mol. The predicted octanol–water partition coefficient (Wildman–Crippen LogP) is 3.04. The van der Waals surface area contributed by atoms with Crippen molar-refractivity contribution in [2.75, 3.05) is 0 Å². The lowest BCUT2D eigenvalue weighted by Gasteiger charge is -2.11. The van der Waals surface area contributed by atoms with Crippen LogP contribution in [-0.2, 0) is 0 Å². The van der Waals surface area contributed by atoms with Gasteiger partial charge in [-0.25, -0.2) is 0 Å². The Morgan fingerprint density at radius 3 is 2.83 bits per heavy atom. The molecular weight excluding hydrogens is 296 g/mol. The number of hydrogen-bond donors (Lipinski definition) is 1. The van der Waals surface area contributed by atoms with Gasteiger partial charge in [-0.15, -0.1) is 0 Å². The Balaban J connectivity index is 2.16. The maximum Gasteiger partial charge on any atom is 0.288 e. The lowest BCUT2D eigenvalue weighted by Crippen LogP contribution is -2.27. The van der Waals surface area contributed by atoms with Crippen LogP contribution in [-0.4, -0.2) is 5.91 Å². The number of rotatable bonds is 3. The first kappa shape index (κ1) is 12.4. The Morgan fingerprint density at radius 2 is 2.22 bits per heavy atom. The molecule has 0 saturated heterocycles. The number of hydrogen-bond acceptors (Lipinski definition) is 3. The summed E-state index contributed by atoms with van der Waals surface area (Å²) >= 11 is 3.32. The summed E-state index contributed by atoms with van der Waals surface area (Å²) in [6.45, 7) is 0. The highest BCUT2D eigenvalue weighted by Crippen LogP contribution is 2.18. The van der Waals surface area contributed by atoms with Gasteiger partial charge < -0.3 is 9.73 Å². The van der Waals surface area contributed by atoms with Gasteiger partial charge in [0.1, 0.15) is 6.04 Å². The zero-order chi connectivity index (χ0) is 13.0. The molecule has 0 aliphatic heterocycles. The van der Waals surface area contributed by atoms with E-state index in [9.17, 15) is 4.79 Å². The average molecular weight is 305 g/mol. The van der Waals surface area contributed by atoms with Gasteiger partial charge in [0.25, 0.3) is 5.91 Å². The summed E-state index contributed by atoms with van der Waals surface area (Å²) in [4.78, 5) is 11.8. The van der Waals surface area contributed by atoms with E-state index in [4.69, 9.17) is 9.68 Å². The van der Waals surface area contributed by atoms with Crippen molar-refractivity contribution in [1.82, 2.24) is 5.32 Å². The number of nitrogens with one attached hydrogen (secondary N) is 1. The Bertz CT molecular complexity index is 587. The van der Waals surface area contributed by atoms with Crippen LogP contribution in [0.1, 0.15) is 22.2 Å². The van der Waals surface area contributed by atoms with Gasteiger partial charge in [-0.2, -0.15) is 5.26 Å². The molecule has 1 atom stereocenters. The van der Waals surface area contributed by atoms with Crippen LogP contribution in [0.25, 0.3) is 0 Å². The molecule has 4 nitrogen and oxygen atoms in total. The first-order chi connectivity index (χ1) is 8.70. The fourth-order valence-corrected chi connectivity index (χ4v) is 1.90. The zero-order valence-electron chi connectivity index (χ0n) is 9.26. The molecule has 0 aliphatic rings. The third kappa shape index (κ3) is 2.79. The Morgan fingerprint density at radius 1 is 1.39 bits per heavy atom. The van der Waals surface area contributed by atoms with Gasteiger partial charge in [0.2, 0.25) is 0 Å². The molecule has 2 rings (SSSR count). The van der Waals surface area contributed by atoms with Gasteiger partial charge in [0.05, 0.1) is 12.3 Å². The Kier molecular flexibility index (Phi) is 3.80. The molecule has 18 heavy (non-hydrogen) atoms. The maximum atomic E-state index is 11.8. The highest BCUT2D eigenvalue weighted by Gasteiger charge is 2.16. The van der Waals surface area contributed by atoms with Crippen LogP contribution >= 0.6 is 15.9 Å². The van der Waals surface area contributed by atoms with Crippen molar-refractivity contribution in [2.24, 2.45) is 0 Å². The summed E-state index contributed by atoms with van der Waals surface area (Å²) in [5.41, 5.74) is 0.715. The number of carbonyl (C=O) groups excluding carboxylic acids is 1. The van der Waals surface area contributed by atoms with Crippen LogP contribution in [0, 0.1) is 11.3 Å². The summed E-state index contributed by atoms with van der Waals surface area (Å²) in [5, 5.41) is 11.7. The normalized spacial score (nSPS) is 11.6. The summed E-state index contributed by atoms with van der Waals surface area (Å²) in [5.74, 6) is -0.225. The molecule has 1 amide bonds. The topological polar surface area (TPSA) is 66.0 Å². The number of carbonyl (C=O) groups is 1. The molecule has 5 heteroatoms. The molecule has 1 unspecified atom stereocenters. The number of furan rings is 1. The van der Waals surface area contributed by atoms with Crippen LogP contribution in [0.5, 0.6) is 0 Å². The number of halogens is 1. The van der Waals surface area contributed by atoms with Crippen molar-refractivity contribution in [3.05, 3.63) is 58.5 Å². The third-order valence-electron chi connectivity index (χ3n) is 2.33. The van der Waals surface area contributed by atoms with Crippen LogP contribution in [0.15, 0.2) is 51.6 Å². The molecule has 1 N–H and O–H groups in total. The van der Waals surface area contributed by atoms with Crippen molar-refractivity contribution >= 4 is 21.8 Å². The van der Waals surface area contributed by atoms with E-state index < -0.39 is 11.9 Å². The van der Waals surface area contributed by atoms with Crippen LogP contribution in [0.2, 0.25) is 0 Å². The van der Waals surface area contributed by atoms with E-state index in [2.05, 4.69) is 21.2 Å². The first-order valence-electron chi connectivity index (χ1n) is 5.20. The molecule has 0 fully saturated rings. The van der Waals surface area contributed by atoms with Crippen molar-refractivity contribution in [2.45, 2.75) is 6.04 Å². The quantitative estimate of drug-likeness (QED) is 0.948. The fraction of sp³-hybridized carbons (Fsp3) is 0.0769. The lowest BCUT2D eigenvalue weighted by atomic mass is 10.1. The Hall–Kier alpha value is -2.06. The van der Waals surface area contributed by atoms with Crippen LogP contribution < -0.4 is 5.32 Å². The summed E-state index contributed by atoms with van der Waals surface area (Å²) < 4.78 is 5.82. The van der Waals surface area contributed by atoms with Crippen molar-refractivity contribution < 1.29 is 9.21 Å². The second-order valence-electron chi connectivity index (χ2n) is 3.57. The molecule has 2 aromatic rings. The van der Waals surface area contributed by atoms with E-state index >= 15 is 0 Å². The van der Waals surface area contributed by atoms with E-state index in [-0.39, 0.29) is 5.76 Å². The minimum absolute atomic E-state index is 0.185. The molecule has 0 radical (unpaired) electrons. The number of benzene rings is 1. The summed E-state index contributed by atoms with van der Waals surface area (Å²) in [7, 11) is 0. The summed E-state index contributed by atoms with van der Waals surface area (Å²) in [6.07, 6.45) is 1.41. The van der Waals surface area contributed by atoms with E-state index in [1.165, 1.54) is 6.26 Å². The van der Waals surface area contributed by atoms with Crippen LogP contribution in [0.4, 0.5) is 0 Å². The second-order valence-corrected chi connectivity index (χ2v) is 4.48. The third-order valence-corrected chi connectivity index (χ3v) is 2.82. The molecule has 0 saturated carbocycles.